The Morgan fingerprint density at radius 3 is 2.68 bits per heavy atom. The molecule has 5 heteroatoms. The van der Waals surface area contributed by atoms with Gasteiger partial charge in [-0.25, -0.2) is 4.98 Å². The molecule has 116 valence electrons. The molecule has 3 N–H and O–H groups in total. The Kier molecular flexibility index (Phi) is 4.27. The zero-order valence-corrected chi connectivity index (χ0v) is 13.6. The lowest BCUT2D eigenvalue weighted by Crippen LogP contribution is -2.51. The number of hydrogen-bond acceptors (Lipinski definition) is 4. The molecule has 1 heterocycles. The van der Waals surface area contributed by atoms with Crippen LogP contribution in [0.4, 0.5) is 0 Å². The smallest absolute Gasteiger partial charge is 0.240 e. The van der Waals surface area contributed by atoms with Crippen molar-refractivity contribution in [2.45, 2.75) is 44.7 Å². The van der Waals surface area contributed by atoms with Crippen molar-refractivity contribution in [1.29, 1.82) is 0 Å². The fourth-order valence-corrected chi connectivity index (χ4v) is 3.87. The van der Waals surface area contributed by atoms with Gasteiger partial charge < -0.3 is 11.1 Å². The average Bonchev–Trinajstić information content (AvgIpc) is 3.13. The summed E-state index contributed by atoms with van der Waals surface area (Å²) >= 11 is 1.63. The van der Waals surface area contributed by atoms with Crippen LogP contribution < -0.4 is 11.1 Å². The first-order chi connectivity index (χ1) is 10.6. The van der Waals surface area contributed by atoms with Gasteiger partial charge in [-0.2, -0.15) is 0 Å². The Bertz CT molecular complexity index is 660. The number of carbonyl (C=O) groups is 1. The largest absolute Gasteiger partial charge is 0.350 e. The summed E-state index contributed by atoms with van der Waals surface area (Å²) in [4.78, 5) is 18.0. The number of thiazole rings is 1. The van der Waals surface area contributed by atoms with Crippen LogP contribution in [0.15, 0.2) is 30.3 Å². The summed E-state index contributed by atoms with van der Waals surface area (Å²) in [5.41, 5.74) is 7.60. The van der Waals surface area contributed by atoms with Gasteiger partial charge in [-0.05, 0) is 19.8 Å². The maximum Gasteiger partial charge on any atom is 0.240 e. The third-order valence-electron chi connectivity index (χ3n) is 4.27. The third kappa shape index (κ3) is 3.05. The van der Waals surface area contributed by atoms with Crippen molar-refractivity contribution in [3.05, 3.63) is 40.9 Å². The molecule has 0 atom stereocenters. The Hall–Kier alpha value is -1.72. The molecule has 1 amide bonds. The topological polar surface area (TPSA) is 68.0 Å². The van der Waals surface area contributed by atoms with Crippen LogP contribution in [0.5, 0.6) is 0 Å². The van der Waals surface area contributed by atoms with E-state index in [0.717, 1.165) is 46.8 Å². The molecule has 3 rings (SSSR count). The quantitative estimate of drug-likeness (QED) is 0.911. The van der Waals surface area contributed by atoms with E-state index >= 15 is 0 Å². The van der Waals surface area contributed by atoms with Crippen LogP contribution in [0.25, 0.3) is 10.6 Å². The standard InChI is InChI=1S/C17H21N3OS/c1-12-14(11-19-16(21)17(18)9-5-6-10-17)22-15(20-12)13-7-3-2-4-8-13/h2-4,7-8H,5-6,9-11,18H2,1H3,(H,19,21). The van der Waals surface area contributed by atoms with Gasteiger partial charge in [0.15, 0.2) is 0 Å². The number of nitrogens with one attached hydrogen (secondary N) is 1. The first-order valence-corrected chi connectivity index (χ1v) is 8.49. The predicted molar refractivity (Wildman–Crippen MR) is 89.5 cm³/mol. The van der Waals surface area contributed by atoms with Gasteiger partial charge in [-0.15, -0.1) is 11.3 Å². The van der Waals surface area contributed by atoms with E-state index in [1.807, 2.05) is 37.3 Å². The molecule has 0 spiro atoms. The molecule has 0 saturated heterocycles. The summed E-state index contributed by atoms with van der Waals surface area (Å²) in [6.07, 6.45) is 3.66. The van der Waals surface area contributed by atoms with Crippen molar-refractivity contribution < 1.29 is 4.79 Å². The number of nitrogens with zero attached hydrogens (tertiary/aromatic N) is 1. The highest BCUT2D eigenvalue weighted by Gasteiger charge is 2.36. The van der Waals surface area contributed by atoms with Crippen molar-refractivity contribution in [2.75, 3.05) is 0 Å². The molecule has 0 aliphatic heterocycles. The second-order valence-corrected chi connectivity index (χ2v) is 7.02. The maximum atomic E-state index is 12.3. The molecule has 22 heavy (non-hydrogen) atoms. The molecular weight excluding hydrogens is 294 g/mol. The van der Waals surface area contributed by atoms with Crippen molar-refractivity contribution >= 4 is 17.2 Å². The molecule has 4 nitrogen and oxygen atoms in total. The van der Waals surface area contributed by atoms with Gasteiger partial charge in [0.25, 0.3) is 0 Å². The van der Waals surface area contributed by atoms with E-state index in [1.165, 1.54) is 0 Å². The number of rotatable bonds is 4. The van der Waals surface area contributed by atoms with Crippen molar-refractivity contribution in [1.82, 2.24) is 10.3 Å². The zero-order chi connectivity index (χ0) is 15.6. The van der Waals surface area contributed by atoms with Crippen LogP contribution in [-0.2, 0) is 11.3 Å². The molecule has 1 saturated carbocycles. The summed E-state index contributed by atoms with van der Waals surface area (Å²) in [6, 6.07) is 10.1. The average molecular weight is 315 g/mol. The second kappa shape index (κ2) is 6.18. The minimum Gasteiger partial charge on any atom is -0.350 e. The summed E-state index contributed by atoms with van der Waals surface area (Å²) in [6.45, 7) is 2.49. The van der Waals surface area contributed by atoms with E-state index in [0.29, 0.717) is 6.54 Å². The number of aromatic nitrogens is 1. The lowest BCUT2D eigenvalue weighted by atomic mass is 9.98. The number of amides is 1. The summed E-state index contributed by atoms with van der Waals surface area (Å²) in [5.74, 6) is -0.0286. The van der Waals surface area contributed by atoms with E-state index in [4.69, 9.17) is 5.73 Å². The van der Waals surface area contributed by atoms with Gasteiger partial charge in [-0.3, -0.25) is 4.79 Å². The number of aryl methyl sites for hydroxylation is 1. The number of hydrogen-bond donors (Lipinski definition) is 2. The van der Waals surface area contributed by atoms with Gasteiger partial charge in [0, 0.05) is 10.4 Å². The molecule has 1 aliphatic carbocycles. The highest BCUT2D eigenvalue weighted by molar-refractivity contribution is 7.15. The molecule has 2 aromatic rings. The second-order valence-electron chi connectivity index (χ2n) is 5.94. The Balaban J connectivity index is 1.68. The normalized spacial score (nSPS) is 16.6. The van der Waals surface area contributed by atoms with Gasteiger partial charge >= 0.3 is 0 Å². The van der Waals surface area contributed by atoms with Crippen LogP contribution in [0.2, 0.25) is 0 Å². The van der Waals surface area contributed by atoms with Gasteiger partial charge in [0.1, 0.15) is 5.01 Å². The molecule has 0 radical (unpaired) electrons. The van der Waals surface area contributed by atoms with Gasteiger partial charge in [0.05, 0.1) is 17.8 Å². The molecule has 0 unspecified atom stereocenters. The van der Waals surface area contributed by atoms with Crippen LogP contribution in [0.3, 0.4) is 0 Å². The minimum absolute atomic E-state index is 0.0286. The SMILES string of the molecule is Cc1nc(-c2ccccc2)sc1CNC(=O)C1(N)CCCC1. The molecule has 1 aromatic carbocycles. The minimum atomic E-state index is -0.666. The monoisotopic (exact) mass is 315 g/mol. The highest BCUT2D eigenvalue weighted by Crippen LogP contribution is 2.29. The van der Waals surface area contributed by atoms with E-state index < -0.39 is 5.54 Å². The predicted octanol–water partition coefficient (Wildman–Crippen LogP) is 3.01. The summed E-state index contributed by atoms with van der Waals surface area (Å²) in [7, 11) is 0. The van der Waals surface area contributed by atoms with E-state index in [2.05, 4.69) is 10.3 Å². The lowest BCUT2D eigenvalue weighted by molar-refractivity contribution is -0.126. The van der Waals surface area contributed by atoms with Gasteiger partial charge in [0.2, 0.25) is 5.91 Å². The molecule has 1 aliphatic rings. The molecule has 1 fully saturated rings. The van der Waals surface area contributed by atoms with Gasteiger partial charge in [-0.1, -0.05) is 43.2 Å². The van der Waals surface area contributed by atoms with E-state index in [-0.39, 0.29) is 5.91 Å². The van der Waals surface area contributed by atoms with E-state index in [9.17, 15) is 4.79 Å². The van der Waals surface area contributed by atoms with Crippen LogP contribution >= 0.6 is 11.3 Å². The van der Waals surface area contributed by atoms with Crippen molar-refractivity contribution in [3.63, 3.8) is 0 Å². The summed E-state index contributed by atoms with van der Waals surface area (Å²) in [5, 5.41) is 3.98. The number of nitrogens with two attached hydrogens (primary N) is 1. The van der Waals surface area contributed by atoms with Crippen LogP contribution in [0, 0.1) is 6.92 Å². The maximum absolute atomic E-state index is 12.3. The Morgan fingerprint density at radius 2 is 2.00 bits per heavy atom. The zero-order valence-electron chi connectivity index (χ0n) is 12.8. The molecule has 0 bridgehead atoms. The fraction of sp³-hybridized carbons (Fsp3) is 0.412. The van der Waals surface area contributed by atoms with E-state index in [1.54, 1.807) is 11.3 Å². The first-order valence-electron chi connectivity index (χ1n) is 7.67. The van der Waals surface area contributed by atoms with Crippen LogP contribution in [0.1, 0.15) is 36.3 Å². The third-order valence-corrected chi connectivity index (χ3v) is 5.48. The van der Waals surface area contributed by atoms with Crippen molar-refractivity contribution in [2.24, 2.45) is 5.73 Å². The fourth-order valence-electron chi connectivity index (χ4n) is 2.87. The lowest BCUT2D eigenvalue weighted by Gasteiger charge is -2.22. The summed E-state index contributed by atoms with van der Waals surface area (Å²) < 4.78 is 0. The highest BCUT2D eigenvalue weighted by atomic mass is 32.1. The molecular formula is C17H21N3OS. The number of carbonyl (C=O) groups excluding carboxylic acids is 1. The first kappa shape index (κ1) is 15.2. The molecule has 1 aromatic heterocycles. The van der Waals surface area contributed by atoms with Crippen molar-refractivity contribution in [3.8, 4) is 10.6 Å². The Labute approximate surface area is 134 Å². The number of benzene rings is 1. The Morgan fingerprint density at radius 1 is 1.32 bits per heavy atom. The van der Waals surface area contributed by atoms with Crippen LogP contribution in [-0.4, -0.2) is 16.4 Å².